The summed E-state index contributed by atoms with van der Waals surface area (Å²) in [7, 11) is 1.44. The van der Waals surface area contributed by atoms with Gasteiger partial charge in [0, 0.05) is 12.3 Å². The third kappa shape index (κ3) is 4.99. The summed E-state index contributed by atoms with van der Waals surface area (Å²) < 4.78 is 54.3. The number of alkyl halides is 3. The first-order chi connectivity index (χ1) is 11.7. The van der Waals surface area contributed by atoms with E-state index in [9.17, 15) is 22.8 Å². The van der Waals surface area contributed by atoms with Gasteiger partial charge in [-0.25, -0.2) is 9.59 Å². The fourth-order valence-corrected chi connectivity index (χ4v) is 1.86. The number of nitrogens with one attached hydrogen (secondary N) is 2. The molecule has 0 spiro atoms. The third-order valence-corrected chi connectivity index (χ3v) is 2.96. The third-order valence-electron chi connectivity index (χ3n) is 2.96. The summed E-state index contributed by atoms with van der Waals surface area (Å²) in [6.07, 6.45) is -5.23. The second-order valence-electron chi connectivity index (χ2n) is 4.64. The van der Waals surface area contributed by atoms with E-state index in [0.29, 0.717) is 5.75 Å². The Balaban J connectivity index is 3.02. The summed E-state index contributed by atoms with van der Waals surface area (Å²) in [5.41, 5.74) is -3.41. The minimum Gasteiger partial charge on any atom is -0.497 e. The fourth-order valence-electron chi connectivity index (χ4n) is 1.86. The van der Waals surface area contributed by atoms with E-state index < -0.39 is 30.5 Å². The lowest BCUT2D eigenvalue weighted by atomic mass is 10.2. The predicted molar refractivity (Wildman–Crippen MR) is 82.2 cm³/mol. The van der Waals surface area contributed by atoms with Crippen LogP contribution in [0.15, 0.2) is 24.3 Å². The quantitative estimate of drug-likeness (QED) is 0.574. The monoisotopic (exact) mass is 364 g/mol. The summed E-state index contributed by atoms with van der Waals surface area (Å²) in [6.45, 7) is 1.79. The molecular weight excluding hydrogens is 345 g/mol. The van der Waals surface area contributed by atoms with E-state index in [0.717, 1.165) is 0 Å². The van der Waals surface area contributed by atoms with Crippen molar-refractivity contribution in [2.45, 2.75) is 25.7 Å². The molecule has 0 aromatic heterocycles. The number of carbonyl (C=O) groups excluding carboxylic acids is 2. The maximum Gasteiger partial charge on any atom is 0.448 e. The Kier molecular flexibility index (Phi) is 7.04. The van der Waals surface area contributed by atoms with Gasteiger partial charge in [0.25, 0.3) is 0 Å². The molecular formula is C15H19F3N2O5. The highest BCUT2D eigenvalue weighted by atomic mass is 19.4. The van der Waals surface area contributed by atoms with Gasteiger partial charge in [-0.05, 0) is 38.1 Å². The molecule has 7 nitrogen and oxygen atoms in total. The summed E-state index contributed by atoms with van der Waals surface area (Å²) >= 11 is 0. The Bertz CT molecular complexity index is 592. The minimum absolute atomic E-state index is 0.190. The molecule has 140 valence electrons. The first-order valence-corrected chi connectivity index (χ1v) is 7.31. The van der Waals surface area contributed by atoms with Crippen molar-refractivity contribution in [3.8, 4) is 5.75 Å². The summed E-state index contributed by atoms with van der Waals surface area (Å²) in [5.74, 6) is -1.26. The van der Waals surface area contributed by atoms with E-state index in [1.54, 1.807) is 0 Å². The molecule has 25 heavy (non-hydrogen) atoms. The number of ether oxygens (including phenoxy) is 3. The number of carbonyl (C=O) groups is 2. The maximum atomic E-state index is 13.4. The van der Waals surface area contributed by atoms with E-state index in [1.165, 1.54) is 50.5 Å². The van der Waals surface area contributed by atoms with Crippen LogP contribution in [-0.4, -0.2) is 44.2 Å². The van der Waals surface area contributed by atoms with Crippen LogP contribution in [0.2, 0.25) is 0 Å². The zero-order chi connectivity index (χ0) is 19.1. The second-order valence-corrected chi connectivity index (χ2v) is 4.64. The molecule has 1 rings (SSSR count). The molecule has 0 fully saturated rings. The number of esters is 1. The first kappa shape index (κ1) is 20.6. The molecule has 0 aliphatic rings. The Morgan fingerprint density at radius 1 is 1.08 bits per heavy atom. The van der Waals surface area contributed by atoms with Crippen LogP contribution in [0.25, 0.3) is 0 Å². The number of benzene rings is 1. The summed E-state index contributed by atoms with van der Waals surface area (Å²) in [5, 5.41) is 3.71. The van der Waals surface area contributed by atoms with Gasteiger partial charge >= 0.3 is 23.9 Å². The number of methoxy groups -OCH3 is 1. The lowest BCUT2D eigenvalue weighted by Gasteiger charge is -2.33. The smallest absolute Gasteiger partial charge is 0.448 e. The van der Waals surface area contributed by atoms with Gasteiger partial charge in [-0.3, -0.25) is 5.32 Å². The minimum atomic E-state index is -5.23. The van der Waals surface area contributed by atoms with Gasteiger partial charge in [0.15, 0.2) is 0 Å². The Hall–Kier alpha value is -2.49. The first-order valence-electron chi connectivity index (χ1n) is 7.31. The van der Waals surface area contributed by atoms with Crippen LogP contribution in [0, 0.1) is 0 Å². The van der Waals surface area contributed by atoms with Crippen LogP contribution in [0.4, 0.5) is 23.7 Å². The molecule has 10 heteroatoms. The van der Waals surface area contributed by atoms with Crippen molar-refractivity contribution >= 4 is 17.7 Å². The van der Waals surface area contributed by atoms with Crippen LogP contribution in [0.1, 0.15) is 13.8 Å². The Morgan fingerprint density at radius 3 is 2.12 bits per heavy atom. The second kappa shape index (κ2) is 8.56. The van der Waals surface area contributed by atoms with Gasteiger partial charge < -0.3 is 19.5 Å². The number of hydrogen-bond acceptors (Lipinski definition) is 5. The van der Waals surface area contributed by atoms with Crippen molar-refractivity contribution in [3.05, 3.63) is 24.3 Å². The standard InChI is InChI=1S/C15H19F3N2O5/c1-4-24-12(21)14(25-5-2,15(16,17)18)20-13(22)19-10-6-8-11(23-3)9-7-10/h6-9H,4-5H2,1-3H3,(H2,19,20,22)/t14-/m0/s1. The van der Waals surface area contributed by atoms with Crippen molar-refractivity contribution in [1.82, 2.24) is 5.32 Å². The van der Waals surface area contributed by atoms with Gasteiger partial charge in [0.1, 0.15) is 5.75 Å². The number of urea groups is 1. The number of anilines is 1. The largest absolute Gasteiger partial charge is 0.497 e. The van der Waals surface area contributed by atoms with E-state index in [1.807, 2.05) is 0 Å². The van der Waals surface area contributed by atoms with E-state index in [-0.39, 0.29) is 12.3 Å². The topological polar surface area (TPSA) is 85.9 Å². The van der Waals surface area contributed by atoms with Crippen LogP contribution >= 0.6 is 0 Å². The predicted octanol–water partition coefficient (Wildman–Crippen LogP) is 2.67. The average Bonchev–Trinajstić information content (AvgIpc) is 2.54. The van der Waals surface area contributed by atoms with E-state index in [4.69, 9.17) is 4.74 Å². The maximum absolute atomic E-state index is 13.4. The van der Waals surface area contributed by atoms with Gasteiger partial charge in [-0.1, -0.05) is 0 Å². The molecule has 0 unspecified atom stereocenters. The molecule has 0 aliphatic heterocycles. The zero-order valence-corrected chi connectivity index (χ0v) is 13.9. The molecule has 1 aromatic carbocycles. The number of hydrogen-bond donors (Lipinski definition) is 2. The van der Waals surface area contributed by atoms with E-state index >= 15 is 0 Å². The Morgan fingerprint density at radius 2 is 1.68 bits per heavy atom. The van der Waals surface area contributed by atoms with Crippen LogP contribution in [0.5, 0.6) is 5.75 Å². The highest BCUT2D eigenvalue weighted by Crippen LogP contribution is 2.33. The van der Waals surface area contributed by atoms with Crippen LogP contribution in [0.3, 0.4) is 0 Å². The number of rotatable bonds is 7. The summed E-state index contributed by atoms with van der Waals surface area (Å²) in [6, 6.07) is 4.54. The molecule has 0 saturated carbocycles. The lowest BCUT2D eigenvalue weighted by molar-refractivity contribution is -0.282. The molecule has 0 aliphatic carbocycles. The molecule has 0 bridgehead atoms. The number of halogens is 3. The Labute approximate surface area is 142 Å². The molecule has 1 aromatic rings. The molecule has 1 atom stereocenters. The van der Waals surface area contributed by atoms with Crippen molar-refractivity contribution < 1.29 is 37.0 Å². The van der Waals surface area contributed by atoms with E-state index in [2.05, 4.69) is 14.8 Å². The molecule has 0 saturated heterocycles. The highest BCUT2D eigenvalue weighted by molar-refractivity contribution is 5.94. The fraction of sp³-hybridized carbons (Fsp3) is 0.467. The summed E-state index contributed by atoms with van der Waals surface area (Å²) in [4.78, 5) is 23.8. The molecule has 0 heterocycles. The van der Waals surface area contributed by atoms with Crippen molar-refractivity contribution in [2.24, 2.45) is 0 Å². The van der Waals surface area contributed by atoms with Crippen molar-refractivity contribution in [1.29, 1.82) is 0 Å². The molecule has 2 N–H and O–H groups in total. The van der Waals surface area contributed by atoms with Crippen molar-refractivity contribution in [2.75, 3.05) is 25.6 Å². The lowest BCUT2D eigenvalue weighted by Crippen LogP contribution is -2.67. The van der Waals surface area contributed by atoms with Gasteiger partial charge in [0.2, 0.25) is 0 Å². The SMILES string of the molecule is CCOC(=O)[C@](NC(=O)Nc1ccc(OC)cc1)(OCC)C(F)(F)F. The highest BCUT2D eigenvalue weighted by Gasteiger charge is 2.64. The van der Waals surface area contributed by atoms with Crippen LogP contribution in [-0.2, 0) is 14.3 Å². The number of amides is 2. The van der Waals surface area contributed by atoms with Gasteiger partial charge in [-0.2, -0.15) is 13.2 Å². The molecule has 0 radical (unpaired) electrons. The van der Waals surface area contributed by atoms with Gasteiger partial charge in [-0.15, -0.1) is 0 Å². The van der Waals surface area contributed by atoms with Crippen LogP contribution < -0.4 is 15.4 Å². The average molecular weight is 364 g/mol. The normalized spacial score (nSPS) is 13.5. The van der Waals surface area contributed by atoms with Crippen molar-refractivity contribution in [3.63, 3.8) is 0 Å². The van der Waals surface area contributed by atoms with Gasteiger partial charge in [0.05, 0.1) is 13.7 Å². The zero-order valence-electron chi connectivity index (χ0n) is 13.9. The molecule has 2 amide bonds.